The standard InChI is InChI=1S/C15H19FN2O2/c1-4-8-18-13-9-11(16)6-7-12(13)17-14(18)10(3)15(19)20-5-2/h6-7,9-10H,4-5,8H2,1-3H3. The van der Waals surface area contributed by atoms with Crippen LogP contribution in [-0.2, 0) is 16.1 Å². The second-order valence-electron chi connectivity index (χ2n) is 4.73. The van der Waals surface area contributed by atoms with Gasteiger partial charge in [0.1, 0.15) is 17.6 Å². The third-order valence-corrected chi connectivity index (χ3v) is 3.21. The van der Waals surface area contributed by atoms with Crippen molar-refractivity contribution in [3.8, 4) is 0 Å². The van der Waals surface area contributed by atoms with Gasteiger partial charge < -0.3 is 9.30 Å². The molecule has 20 heavy (non-hydrogen) atoms. The summed E-state index contributed by atoms with van der Waals surface area (Å²) in [6.45, 7) is 6.60. The molecule has 0 radical (unpaired) electrons. The third-order valence-electron chi connectivity index (χ3n) is 3.21. The highest BCUT2D eigenvalue weighted by molar-refractivity contribution is 5.81. The first kappa shape index (κ1) is 14.5. The highest BCUT2D eigenvalue weighted by Crippen LogP contribution is 2.24. The van der Waals surface area contributed by atoms with E-state index in [1.165, 1.54) is 12.1 Å². The number of carbonyl (C=O) groups is 1. The van der Waals surface area contributed by atoms with E-state index in [2.05, 4.69) is 4.98 Å². The first-order valence-corrected chi connectivity index (χ1v) is 6.90. The van der Waals surface area contributed by atoms with Gasteiger partial charge in [-0.3, -0.25) is 4.79 Å². The minimum atomic E-state index is -0.461. The van der Waals surface area contributed by atoms with E-state index in [4.69, 9.17) is 4.74 Å². The number of aromatic nitrogens is 2. The second kappa shape index (κ2) is 6.03. The van der Waals surface area contributed by atoms with Crippen LogP contribution in [0.5, 0.6) is 0 Å². The summed E-state index contributed by atoms with van der Waals surface area (Å²) >= 11 is 0. The van der Waals surface area contributed by atoms with Crippen LogP contribution in [0.25, 0.3) is 11.0 Å². The number of halogens is 1. The fraction of sp³-hybridized carbons (Fsp3) is 0.467. The van der Waals surface area contributed by atoms with Crippen molar-refractivity contribution in [2.75, 3.05) is 6.61 Å². The lowest BCUT2D eigenvalue weighted by molar-refractivity contribution is -0.144. The smallest absolute Gasteiger partial charge is 0.316 e. The van der Waals surface area contributed by atoms with Gasteiger partial charge in [-0.1, -0.05) is 6.92 Å². The summed E-state index contributed by atoms with van der Waals surface area (Å²) in [4.78, 5) is 16.4. The molecule has 2 aromatic rings. The molecule has 4 nitrogen and oxygen atoms in total. The van der Waals surface area contributed by atoms with Crippen LogP contribution in [0.4, 0.5) is 4.39 Å². The molecule has 0 amide bonds. The predicted molar refractivity (Wildman–Crippen MR) is 75.0 cm³/mol. The van der Waals surface area contributed by atoms with E-state index in [-0.39, 0.29) is 11.8 Å². The number of esters is 1. The third kappa shape index (κ3) is 2.66. The maximum absolute atomic E-state index is 13.4. The number of aryl methyl sites for hydroxylation is 1. The zero-order valence-corrected chi connectivity index (χ0v) is 12.0. The van der Waals surface area contributed by atoms with Crippen molar-refractivity contribution in [3.05, 3.63) is 29.8 Å². The van der Waals surface area contributed by atoms with Crippen LogP contribution in [0.15, 0.2) is 18.2 Å². The Kier molecular flexibility index (Phi) is 4.37. The fourth-order valence-corrected chi connectivity index (χ4v) is 2.28. The molecule has 0 aliphatic heterocycles. The van der Waals surface area contributed by atoms with Crippen LogP contribution >= 0.6 is 0 Å². The Morgan fingerprint density at radius 1 is 1.45 bits per heavy atom. The van der Waals surface area contributed by atoms with E-state index < -0.39 is 5.92 Å². The van der Waals surface area contributed by atoms with Crippen LogP contribution in [-0.4, -0.2) is 22.1 Å². The molecular weight excluding hydrogens is 259 g/mol. The van der Waals surface area contributed by atoms with Crippen LogP contribution in [0.3, 0.4) is 0 Å². The van der Waals surface area contributed by atoms with Crippen molar-refractivity contribution in [3.63, 3.8) is 0 Å². The quantitative estimate of drug-likeness (QED) is 0.789. The first-order chi connectivity index (χ1) is 9.58. The van der Waals surface area contributed by atoms with Gasteiger partial charge in [0.25, 0.3) is 0 Å². The summed E-state index contributed by atoms with van der Waals surface area (Å²) in [6.07, 6.45) is 0.879. The largest absolute Gasteiger partial charge is 0.465 e. The monoisotopic (exact) mass is 278 g/mol. The number of nitrogens with zero attached hydrogens (tertiary/aromatic N) is 2. The first-order valence-electron chi connectivity index (χ1n) is 6.90. The van der Waals surface area contributed by atoms with Crippen LogP contribution < -0.4 is 0 Å². The number of ether oxygens (including phenoxy) is 1. The molecule has 2 rings (SSSR count). The SMILES string of the molecule is CCCn1c(C(C)C(=O)OCC)nc2ccc(F)cc21. The molecule has 0 saturated carbocycles. The Morgan fingerprint density at radius 3 is 2.85 bits per heavy atom. The zero-order valence-electron chi connectivity index (χ0n) is 12.0. The number of imidazole rings is 1. The van der Waals surface area contributed by atoms with Gasteiger partial charge in [-0.05, 0) is 38.5 Å². The van der Waals surface area contributed by atoms with Crippen molar-refractivity contribution < 1.29 is 13.9 Å². The maximum atomic E-state index is 13.4. The Labute approximate surface area is 117 Å². The van der Waals surface area contributed by atoms with E-state index in [1.54, 1.807) is 19.9 Å². The number of hydrogen-bond donors (Lipinski definition) is 0. The summed E-state index contributed by atoms with van der Waals surface area (Å²) in [5, 5.41) is 0. The molecule has 1 aromatic carbocycles. The molecule has 1 unspecified atom stereocenters. The van der Waals surface area contributed by atoms with Crippen molar-refractivity contribution in [1.82, 2.24) is 9.55 Å². The van der Waals surface area contributed by atoms with Gasteiger partial charge in [-0.15, -0.1) is 0 Å². The second-order valence-corrected chi connectivity index (χ2v) is 4.73. The van der Waals surface area contributed by atoms with E-state index in [0.29, 0.717) is 24.5 Å². The van der Waals surface area contributed by atoms with E-state index in [1.807, 2.05) is 11.5 Å². The topological polar surface area (TPSA) is 44.1 Å². The number of rotatable bonds is 5. The van der Waals surface area contributed by atoms with Crippen molar-refractivity contribution in [2.24, 2.45) is 0 Å². The normalized spacial score (nSPS) is 12.6. The Hall–Kier alpha value is -1.91. The lowest BCUT2D eigenvalue weighted by Gasteiger charge is -2.13. The molecule has 0 spiro atoms. The van der Waals surface area contributed by atoms with E-state index in [0.717, 1.165) is 11.9 Å². The Bertz CT molecular complexity index is 622. The fourth-order valence-electron chi connectivity index (χ4n) is 2.28. The maximum Gasteiger partial charge on any atom is 0.316 e. The van der Waals surface area contributed by atoms with Gasteiger partial charge in [0.2, 0.25) is 0 Å². The summed E-state index contributed by atoms with van der Waals surface area (Å²) in [7, 11) is 0. The molecule has 0 fully saturated rings. The van der Waals surface area contributed by atoms with Gasteiger partial charge in [0.15, 0.2) is 0 Å². The Morgan fingerprint density at radius 2 is 2.20 bits per heavy atom. The molecule has 1 aromatic heterocycles. The van der Waals surface area contributed by atoms with Crippen LogP contribution in [0.1, 0.15) is 38.9 Å². The lowest BCUT2D eigenvalue weighted by Crippen LogP contribution is -2.17. The highest BCUT2D eigenvalue weighted by Gasteiger charge is 2.23. The minimum absolute atomic E-state index is 0.301. The average Bonchev–Trinajstić information content (AvgIpc) is 2.77. The molecule has 5 heteroatoms. The van der Waals surface area contributed by atoms with Gasteiger partial charge in [-0.25, -0.2) is 9.37 Å². The summed E-state index contributed by atoms with van der Waals surface area (Å²) in [5.41, 5.74) is 1.42. The predicted octanol–water partition coefficient (Wildman–Crippen LogP) is 3.25. The summed E-state index contributed by atoms with van der Waals surface area (Å²) < 4.78 is 20.4. The molecule has 108 valence electrons. The number of benzene rings is 1. The number of carbonyl (C=O) groups excluding carboxylic acids is 1. The van der Waals surface area contributed by atoms with Gasteiger partial charge in [0.05, 0.1) is 17.6 Å². The lowest BCUT2D eigenvalue weighted by atomic mass is 10.1. The molecule has 0 N–H and O–H groups in total. The molecule has 1 heterocycles. The van der Waals surface area contributed by atoms with Crippen molar-refractivity contribution in [1.29, 1.82) is 0 Å². The van der Waals surface area contributed by atoms with Crippen molar-refractivity contribution >= 4 is 17.0 Å². The molecule has 0 bridgehead atoms. The van der Waals surface area contributed by atoms with E-state index in [9.17, 15) is 9.18 Å². The molecule has 1 atom stereocenters. The number of hydrogen-bond acceptors (Lipinski definition) is 3. The van der Waals surface area contributed by atoms with Gasteiger partial charge in [-0.2, -0.15) is 0 Å². The van der Waals surface area contributed by atoms with E-state index >= 15 is 0 Å². The number of fused-ring (bicyclic) bond motifs is 1. The van der Waals surface area contributed by atoms with Crippen LogP contribution in [0, 0.1) is 5.82 Å². The van der Waals surface area contributed by atoms with Crippen LogP contribution in [0.2, 0.25) is 0 Å². The minimum Gasteiger partial charge on any atom is -0.465 e. The highest BCUT2D eigenvalue weighted by atomic mass is 19.1. The summed E-state index contributed by atoms with van der Waals surface area (Å²) in [6, 6.07) is 4.47. The summed E-state index contributed by atoms with van der Waals surface area (Å²) in [5.74, 6) is -0.436. The molecular formula is C15H19FN2O2. The average molecular weight is 278 g/mol. The zero-order chi connectivity index (χ0) is 14.7. The van der Waals surface area contributed by atoms with Gasteiger partial charge in [0, 0.05) is 6.54 Å². The molecule has 0 aliphatic rings. The molecule has 0 aliphatic carbocycles. The van der Waals surface area contributed by atoms with Gasteiger partial charge >= 0.3 is 5.97 Å². The Balaban J connectivity index is 2.51. The molecule has 0 saturated heterocycles. The van der Waals surface area contributed by atoms with Crippen molar-refractivity contribution in [2.45, 2.75) is 39.7 Å².